The summed E-state index contributed by atoms with van der Waals surface area (Å²) in [7, 11) is 0. The third-order valence-electron chi connectivity index (χ3n) is 2.29. The summed E-state index contributed by atoms with van der Waals surface area (Å²) in [5.74, 6) is 0.247. The molecule has 0 aliphatic rings. The van der Waals surface area contributed by atoms with Crippen molar-refractivity contribution < 1.29 is 9.50 Å². The van der Waals surface area contributed by atoms with Gasteiger partial charge in [0.05, 0.1) is 12.3 Å². The first-order chi connectivity index (χ1) is 7.70. The number of benzene rings is 1. The van der Waals surface area contributed by atoms with Gasteiger partial charge in [0.2, 0.25) is 0 Å². The molecule has 1 N–H and O–H groups in total. The summed E-state index contributed by atoms with van der Waals surface area (Å²) in [6.45, 7) is 1.56. The minimum absolute atomic E-state index is 0.129. The molecule has 4 heteroatoms. The Kier molecular flexibility index (Phi) is 2.92. The van der Waals surface area contributed by atoms with E-state index in [1.54, 1.807) is 31.3 Å². The van der Waals surface area contributed by atoms with Crippen molar-refractivity contribution in [3.8, 4) is 11.4 Å². The molecular weight excluding hydrogens is 207 g/mol. The van der Waals surface area contributed by atoms with E-state index in [-0.39, 0.29) is 12.4 Å². The van der Waals surface area contributed by atoms with Crippen molar-refractivity contribution in [2.75, 3.05) is 0 Å². The number of nitrogens with zero attached hydrogens (tertiary/aromatic N) is 2. The van der Waals surface area contributed by atoms with E-state index >= 15 is 0 Å². The topological polar surface area (TPSA) is 46.0 Å². The number of hydrogen-bond acceptors (Lipinski definition) is 3. The maximum atomic E-state index is 13.1. The molecule has 0 aliphatic carbocycles. The third kappa shape index (κ3) is 2.06. The number of halogens is 1. The molecular formula is C12H11FN2O. The number of aromatic nitrogens is 2. The normalized spacial score (nSPS) is 10.4. The summed E-state index contributed by atoms with van der Waals surface area (Å²) in [4.78, 5) is 8.23. The Hall–Kier alpha value is -1.81. The lowest BCUT2D eigenvalue weighted by molar-refractivity contribution is 0.277. The third-order valence-corrected chi connectivity index (χ3v) is 2.29. The summed E-state index contributed by atoms with van der Waals surface area (Å²) in [6.07, 6.45) is 1.58. The van der Waals surface area contributed by atoms with Gasteiger partial charge in [-0.15, -0.1) is 0 Å². The summed E-state index contributed by atoms with van der Waals surface area (Å²) in [5.41, 5.74) is 1.84. The smallest absolute Gasteiger partial charge is 0.159 e. The molecule has 0 bridgehead atoms. The fraction of sp³-hybridized carbons (Fsp3) is 0.167. The van der Waals surface area contributed by atoms with Crippen molar-refractivity contribution in [2.24, 2.45) is 0 Å². The first-order valence-corrected chi connectivity index (χ1v) is 4.90. The van der Waals surface area contributed by atoms with Crippen LogP contribution >= 0.6 is 0 Å². The van der Waals surface area contributed by atoms with Crippen molar-refractivity contribution >= 4 is 0 Å². The van der Waals surface area contributed by atoms with Crippen LogP contribution in [0.5, 0.6) is 0 Å². The van der Waals surface area contributed by atoms with E-state index in [2.05, 4.69) is 9.97 Å². The van der Waals surface area contributed by atoms with Crippen LogP contribution in [0, 0.1) is 12.7 Å². The summed E-state index contributed by atoms with van der Waals surface area (Å²) in [5, 5.41) is 8.96. The zero-order chi connectivity index (χ0) is 11.5. The van der Waals surface area contributed by atoms with Gasteiger partial charge in [-0.05, 0) is 36.8 Å². The largest absolute Gasteiger partial charge is 0.390 e. The van der Waals surface area contributed by atoms with E-state index in [1.807, 2.05) is 0 Å². The SMILES string of the molecule is Cc1cc(-c2nccc(CO)n2)ccc1F. The predicted octanol–water partition coefficient (Wildman–Crippen LogP) is 2.08. The van der Waals surface area contributed by atoms with Crippen molar-refractivity contribution in [3.05, 3.63) is 47.5 Å². The second kappa shape index (κ2) is 4.37. The molecule has 2 rings (SSSR count). The summed E-state index contributed by atoms with van der Waals surface area (Å²) < 4.78 is 13.1. The quantitative estimate of drug-likeness (QED) is 0.839. The monoisotopic (exact) mass is 218 g/mol. The molecule has 1 aromatic carbocycles. The molecule has 0 atom stereocenters. The van der Waals surface area contributed by atoms with Crippen LogP contribution in [0.25, 0.3) is 11.4 Å². The zero-order valence-electron chi connectivity index (χ0n) is 8.81. The van der Waals surface area contributed by atoms with Gasteiger partial charge >= 0.3 is 0 Å². The van der Waals surface area contributed by atoms with Crippen LogP contribution in [0.2, 0.25) is 0 Å². The predicted molar refractivity (Wildman–Crippen MR) is 58.1 cm³/mol. The minimum Gasteiger partial charge on any atom is -0.390 e. The second-order valence-electron chi connectivity index (χ2n) is 3.49. The number of hydrogen-bond donors (Lipinski definition) is 1. The Morgan fingerprint density at radius 2 is 2.12 bits per heavy atom. The molecule has 2 aromatic rings. The molecule has 0 saturated heterocycles. The lowest BCUT2D eigenvalue weighted by Gasteiger charge is -2.03. The number of aliphatic hydroxyl groups is 1. The van der Waals surface area contributed by atoms with E-state index in [9.17, 15) is 4.39 Å². The van der Waals surface area contributed by atoms with Crippen LogP contribution in [0.15, 0.2) is 30.5 Å². The molecule has 0 fully saturated rings. The molecule has 0 radical (unpaired) electrons. The summed E-state index contributed by atoms with van der Waals surface area (Å²) >= 11 is 0. The van der Waals surface area contributed by atoms with E-state index in [0.717, 1.165) is 5.56 Å². The van der Waals surface area contributed by atoms with Gasteiger partial charge in [0.15, 0.2) is 5.82 Å². The first-order valence-electron chi connectivity index (χ1n) is 4.90. The highest BCUT2D eigenvalue weighted by molar-refractivity contribution is 5.56. The fourth-order valence-corrected chi connectivity index (χ4v) is 1.41. The standard InChI is InChI=1S/C12H11FN2O/c1-8-6-9(2-3-11(8)13)12-14-5-4-10(7-16)15-12/h2-6,16H,7H2,1H3. The van der Waals surface area contributed by atoms with Crippen LogP contribution in [0.1, 0.15) is 11.3 Å². The number of rotatable bonds is 2. The maximum Gasteiger partial charge on any atom is 0.159 e. The van der Waals surface area contributed by atoms with E-state index in [0.29, 0.717) is 17.1 Å². The Bertz CT molecular complexity index is 514. The van der Waals surface area contributed by atoms with Gasteiger partial charge in [-0.25, -0.2) is 14.4 Å². The van der Waals surface area contributed by atoms with E-state index in [1.165, 1.54) is 6.07 Å². The highest BCUT2D eigenvalue weighted by atomic mass is 19.1. The average molecular weight is 218 g/mol. The Balaban J connectivity index is 2.46. The molecule has 1 aromatic heterocycles. The molecule has 3 nitrogen and oxygen atoms in total. The Labute approximate surface area is 92.6 Å². The van der Waals surface area contributed by atoms with Crippen molar-refractivity contribution in [3.63, 3.8) is 0 Å². The Morgan fingerprint density at radius 1 is 1.31 bits per heavy atom. The van der Waals surface area contributed by atoms with Crippen LogP contribution in [-0.4, -0.2) is 15.1 Å². The van der Waals surface area contributed by atoms with Gasteiger partial charge < -0.3 is 5.11 Å². The summed E-state index contributed by atoms with van der Waals surface area (Å²) in [6, 6.07) is 6.34. The molecule has 0 unspecified atom stereocenters. The van der Waals surface area contributed by atoms with Gasteiger partial charge in [0.25, 0.3) is 0 Å². The lowest BCUT2D eigenvalue weighted by Crippen LogP contribution is -1.95. The van der Waals surface area contributed by atoms with Crippen LogP contribution in [-0.2, 0) is 6.61 Å². The molecule has 82 valence electrons. The van der Waals surface area contributed by atoms with Crippen molar-refractivity contribution in [1.29, 1.82) is 0 Å². The highest BCUT2D eigenvalue weighted by Crippen LogP contribution is 2.18. The first kappa shape index (κ1) is 10.7. The van der Waals surface area contributed by atoms with Gasteiger partial charge in [-0.3, -0.25) is 0 Å². The van der Waals surface area contributed by atoms with Gasteiger partial charge in [-0.1, -0.05) is 0 Å². The van der Waals surface area contributed by atoms with Crippen molar-refractivity contribution in [1.82, 2.24) is 9.97 Å². The number of aryl methyl sites for hydroxylation is 1. The fourth-order valence-electron chi connectivity index (χ4n) is 1.41. The number of aliphatic hydroxyl groups excluding tert-OH is 1. The van der Waals surface area contributed by atoms with E-state index < -0.39 is 0 Å². The second-order valence-corrected chi connectivity index (χ2v) is 3.49. The van der Waals surface area contributed by atoms with Gasteiger partial charge in [-0.2, -0.15) is 0 Å². The highest BCUT2D eigenvalue weighted by Gasteiger charge is 2.04. The molecule has 0 amide bonds. The van der Waals surface area contributed by atoms with E-state index in [4.69, 9.17) is 5.11 Å². The van der Waals surface area contributed by atoms with Crippen LogP contribution < -0.4 is 0 Å². The lowest BCUT2D eigenvalue weighted by atomic mass is 10.1. The molecule has 1 heterocycles. The van der Waals surface area contributed by atoms with Crippen LogP contribution in [0.4, 0.5) is 4.39 Å². The maximum absolute atomic E-state index is 13.1. The molecule has 16 heavy (non-hydrogen) atoms. The average Bonchev–Trinajstić information content (AvgIpc) is 2.33. The van der Waals surface area contributed by atoms with Crippen molar-refractivity contribution in [2.45, 2.75) is 13.5 Å². The molecule has 0 spiro atoms. The molecule has 0 saturated carbocycles. The van der Waals surface area contributed by atoms with Crippen LogP contribution in [0.3, 0.4) is 0 Å². The van der Waals surface area contributed by atoms with Gasteiger partial charge in [0.1, 0.15) is 5.82 Å². The Morgan fingerprint density at radius 3 is 2.81 bits per heavy atom. The minimum atomic E-state index is -0.248. The zero-order valence-corrected chi connectivity index (χ0v) is 8.81. The molecule has 0 aliphatic heterocycles. The van der Waals surface area contributed by atoms with Gasteiger partial charge in [0, 0.05) is 11.8 Å².